The van der Waals surface area contributed by atoms with Crippen LogP contribution >= 0.6 is 0 Å². The highest BCUT2D eigenvalue weighted by molar-refractivity contribution is 5.49. The van der Waals surface area contributed by atoms with Crippen LogP contribution in [-0.4, -0.2) is 38.3 Å². The standard InChI is InChI=1S/C16H27N3O/c1-12(17-3)15-6-5-9-18-16(15)19(10-11-20-4)13(2)14-7-8-14/h5-6,9,12-14,17H,7-8,10-11H2,1-4H3. The molecule has 1 saturated carbocycles. The molecule has 0 spiro atoms. The smallest absolute Gasteiger partial charge is 0.133 e. The van der Waals surface area contributed by atoms with Gasteiger partial charge < -0.3 is 15.0 Å². The molecule has 1 aromatic rings. The van der Waals surface area contributed by atoms with Crippen molar-refractivity contribution in [2.45, 2.75) is 38.8 Å². The fourth-order valence-electron chi connectivity index (χ4n) is 2.67. The van der Waals surface area contributed by atoms with Crippen LogP contribution in [0.4, 0.5) is 5.82 Å². The first-order valence-corrected chi connectivity index (χ1v) is 7.56. The van der Waals surface area contributed by atoms with Gasteiger partial charge in [-0.25, -0.2) is 4.98 Å². The van der Waals surface area contributed by atoms with Gasteiger partial charge in [0.1, 0.15) is 5.82 Å². The normalized spacial score (nSPS) is 17.8. The number of ether oxygens (including phenoxy) is 1. The molecule has 20 heavy (non-hydrogen) atoms. The number of pyridine rings is 1. The van der Waals surface area contributed by atoms with Crippen molar-refractivity contribution in [3.05, 3.63) is 23.9 Å². The maximum atomic E-state index is 5.29. The Hall–Kier alpha value is -1.13. The number of nitrogens with zero attached hydrogens (tertiary/aromatic N) is 2. The summed E-state index contributed by atoms with van der Waals surface area (Å²) in [5, 5.41) is 3.32. The lowest BCUT2D eigenvalue weighted by Crippen LogP contribution is -2.39. The van der Waals surface area contributed by atoms with Crippen molar-refractivity contribution in [2.75, 3.05) is 32.2 Å². The first-order chi connectivity index (χ1) is 9.69. The van der Waals surface area contributed by atoms with Crippen molar-refractivity contribution in [2.24, 2.45) is 5.92 Å². The number of methoxy groups -OCH3 is 1. The van der Waals surface area contributed by atoms with Gasteiger partial charge in [0.05, 0.1) is 6.61 Å². The number of hydrogen-bond donors (Lipinski definition) is 1. The summed E-state index contributed by atoms with van der Waals surface area (Å²) in [7, 11) is 3.75. The first-order valence-electron chi connectivity index (χ1n) is 7.56. The van der Waals surface area contributed by atoms with E-state index in [1.54, 1.807) is 7.11 Å². The van der Waals surface area contributed by atoms with E-state index in [2.05, 4.69) is 35.1 Å². The van der Waals surface area contributed by atoms with E-state index in [9.17, 15) is 0 Å². The Morgan fingerprint density at radius 1 is 1.45 bits per heavy atom. The second kappa shape index (κ2) is 7.04. The second-order valence-corrected chi connectivity index (χ2v) is 5.69. The van der Waals surface area contributed by atoms with Crippen LogP contribution in [0.5, 0.6) is 0 Å². The maximum Gasteiger partial charge on any atom is 0.133 e. The van der Waals surface area contributed by atoms with Crippen LogP contribution in [0.3, 0.4) is 0 Å². The Balaban J connectivity index is 2.26. The molecule has 2 atom stereocenters. The summed E-state index contributed by atoms with van der Waals surface area (Å²) in [4.78, 5) is 7.08. The molecule has 1 aliphatic rings. The summed E-state index contributed by atoms with van der Waals surface area (Å²) in [5.41, 5.74) is 1.26. The van der Waals surface area contributed by atoms with Crippen molar-refractivity contribution >= 4 is 5.82 Å². The summed E-state index contributed by atoms with van der Waals surface area (Å²) >= 11 is 0. The lowest BCUT2D eigenvalue weighted by Gasteiger charge is -2.33. The molecule has 112 valence electrons. The van der Waals surface area contributed by atoms with Crippen molar-refractivity contribution in [1.82, 2.24) is 10.3 Å². The highest BCUT2D eigenvalue weighted by Crippen LogP contribution is 2.37. The Kier molecular flexibility index (Phi) is 5.38. The zero-order valence-electron chi connectivity index (χ0n) is 13.1. The zero-order chi connectivity index (χ0) is 14.5. The summed E-state index contributed by atoms with van der Waals surface area (Å²) in [6.45, 7) is 6.13. The minimum atomic E-state index is 0.301. The summed E-state index contributed by atoms with van der Waals surface area (Å²) in [5.74, 6) is 1.91. The Bertz CT molecular complexity index is 420. The van der Waals surface area contributed by atoms with Crippen LogP contribution in [0.2, 0.25) is 0 Å². The quantitative estimate of drug-likeness (QED) is 0.792. The van der Waals surface area contributed by atoms with Crippen LogP contribution in [0, 0.1) is 5.92 Å². The number of hydrogen-bond acceptors (Lipinski definition) is 4. The van der Waals surface area contributed by atoms with E-state index >= 15 is 0 Å². The number of nitrogens with one attached hydrogen (secondary N) is 1. The van der Waals surface area contributed by atoms with Crippen LogP contribution < -0.4 is 10.2 Å². The molecule has 2 unspecified atom stereocenters. The fourth-order valence-corrected chi connectivity index (χ4v) is 2.67. The van der Waals surface area contributed by atoms with Crippen molar-refractivity contribution in [3.8, 4) is 0 Å². The topological polar surface area (TPSA) is 37.4 Å². The van der Waals surface area contributed by atoms with E-state index in [0.717, 1.165) is 24.9 Å². The molecule has 1 fully saturated rings. The molecule has 0 bridgehead atoms. The molecule has 2 rings (SSSR count). The Morgan fingerprint density at radius 2 is 2.20 bits per heavy atom. The molecule has 1 aromatic heterocycles. The van der Waals surface area contributed by atoms with Gasteiger partial charge >= 0.3 is 0 Å². The van der Waals surface area contributed by atoms with Crippen molar-refractivity contribution in [3.63, 3.8) is 0 Å². The molecule has 0 saturated heterocycles. The molecule has 1 heterocycles. The first kappa shape index (κ1) is 15.3. The Labute approximate surface area is 122 Å². The minimum absolute atomic E-state index is 0.301. The predicted octanol–water partition coefficient (Wildman–Crippen LogP) is 2.61. The molecule has 0 aromatic carbocycles. The average Bonchev–Trinajstić information content (AvgIpc) is 3.31. The highest BCUT2D eigenvalue weighted by atomic mass is 16.5. The minimum Gasteiger partial charge on any atom is -0.383 e. The second-order valence-electron chi connectivity index (χ2n) is 5.69. The van der Waals surface area contributed by atoms with Gasteiger partial charge in [-0.15, -0.1) is 0 Å². The van der Waals surface area contributed by atoms with E-state index in [1.807, 2.05) is 19.3 Å². The van der Waals surface area contributed by atoms with Crippen molar-refractivity contribution in [1.29, 1.82) is 0 Å². The van der Waals surface area contributed by atoms with Gasteiger partial charge in [0.25, 0.3) is 0 Å². The van der Waals surface area contributed by atoms with Gasteiger partial charge in [-0.1, -0.05) is 6.07 Å². The summed E-state index contributed by atoms with van der Waals surface area (Å²) < 4.78 is 5.29. The van der Waals surface area contributed by atoms with E-state index < -0.39 is 0 Å². The van der Waals surface area contributed by atoms with E-state index in [4.69, 9.17) is 4.74 Å². The molecule has 4 heteroatoms. The molecule has 0 radical (unpaired) electrons. The van der Waals surface area contributed by atoms with E-state index in [1.165, 1.54) is 18.4 Å². The highest BCUT2D eigenvalue weighted by Gasteiger charge is 2.33. The monoisotopic (exact) mass is 277 g/mol. The van der Waals surface area contributed by atoms with E-state index in [-0.39, 0.29) is 0 Å². The molecule has 1 aliphatic carbocycles. The number of aromatic nitrogens is 1. The van der Waals surface area contributed by atoms with Crippen LogP contribution in [0.25, 0.3) is 0 Å². The molecular weight excluding hydrogens is 250 g/mol. The average molecular weight is 277 g/mol. The molecule has 0 amide bonds. The largest absolute Gasteiger partial charge is 0.383 e. The third kappa shape index (κ3) is 3.49. The molecular formula is C16H27N3O. The zero-order valence-corrected chi connectivity index (χ0v) is 13.1. The number of anilines is 1. The maximum absolute atomic E-state index is 5.29. The third-order valence-corrected chi connectivity index (χ3v) is 4.32. The molecule has 0 aliphatic heterocycles. The fraction of sp³-hybridized carbons (Fsp3) is 0.688. The summed E-state index contributed by atoms with van der Waals surface area (Å²) in [6.07, 6.45) is 4.57. The molecule has 1 N–H and O–H groups in total. The van der Waals surface area contributed by atoms with Crippen molar-refractivity contribution < 1.29 is 4.74 Å². The van der Waals surface area contributed by atoms with E-state index in [0.29, 0.717) is 12.1 Å². The Morgan fingerprint density at radius 3 is 2.80 bits per heavy atom. The summed E-state index contributed by atoms with van der Waals surface area (Å²) in [6, 6.07) is 5.02. The van der Waals surface area contributed by atoms with Gasteiger partial charge in [-0.3, -0.25) is 0 Å². The third-order valence-electron chi connectivity index (χ3n) is 4.32. The lowest BCUT2D eigenvalue weighted by atomic mass is 10.1. The van der Waals surface area contributed by atoms with Gasteiger partial charge in [-0.2, -0.15) is 0 Å². The molecule has 4 nitrogen and oxygen atoms in total. The SMILES string of the molecule is CNC(C)c1cccnc1N(CCOC)C(C)C1CC1. The van der Waals surface area contributed by atoms with Gasteiger partial charge in [0, 0.05) is 37.5 Å². The van der Waals surface area contributed by atoms with Crippen LogP contribution in [0.15, 0.2) is 18.3 Å². The lowest BCUT2D eigenvalue weighted by molar-refractivity contribution is 0.202. The predicted molar refractivity (Wildman–Crippen MR) is 83.1 cm³/mol. The number of rotatable bonds is 8. The van der Waals surface area contributed by atoms with Gasteiger partial charge in [-0.05, 0) is 45.7 Å². The van der Waals surface area contributed by atoms with Gasteiger partial charge in [0.2, 0.25) is 0 Å². The van der Waals surface area contributed by atoms with Gasteiger partial charge in [0.15, 0.2) is 0 Å². The van der Waals surface area contributed by atoms with Crippen LogP contribution in [0.1, 0.15) is 38.3 Å². The van der Waals surface area contributed by atoms with Crippen LogP contribution in [-0.2, 0) is 4.74 Å².